The summed E-state index contributed by atoms with van der Waals surface area (Å²) in [6.07, 6.45) is 0.931. The number of hydrogen-bond donors (Lipinski definition) is 1. The summed E-state index contributed by atoms with van der Waals surface area (Å²) < 4.78 is 1.05. The molecule has 1 heterocycles. The van der Waals surface area contributed by atoms with Crippen LogP contribution in [-0.2, 0) is 0 Å². The molecule has 1 saturated carbocycles. The van der Waals surface area contributed by atoms with Crippen LogP contribution in [0, 0.1) is 11.8 Å². The van der Waals surface area contributed by atoms with Crippen molar-refractivity contribution in [1.82, 2.24) is 0 Å². The molecule has 0 spiro atoms. The van der Waals surface area contributed by atoms with E-state index in [0.29, 0.717) is 11.8 Å². The van der Waals surface area contributed by atoms with Gasteiger partial charge >= 0.3 is 0 Å². The first-order valence-electron chi connectivity index (χ1n) is 4.11. The van der Waals surface area contributed by atoms with E-state index in [9.17, 15) is 5.11 Å². The van der Waals surface area contributed by atoms with Gasteiger partial charge in [-0.15, -0.1) is 11.3 Å². The summed E-state index contributed by atoms with van der Waals surface area (Å²) >= 11 is 5.06. The Morgan fingerprint density at radius 2 is 2.42 bits per heavy atom. The van der Waals surface area contributed by atoms with E-state index in [1.54, 1.807) is 11.3 Å². The third-order valence-corrected chi connectivity index (χ3v) is 4.43. The molecular weight excluding hydrogens is 236 g/mol. The second kappa shape index (κ2) is 3.13. The van der Waals surface area contributed by atoms with Crippen LogP contribution < -0.4 is 0 Å². The highest BCUT2D eigenvalue weighted by Crippen LogP contribution is 2.49. The largest absolute Gasteiger partial charge is 0.387 e. The molecule has 1 fully saturated rings. The normalized spacial score (nSPS) is 30.2. The quantitative estimate of drug-likeness (QED) is 0.850. The Morgan fingerprint density at radius 3 is 2.83 bits per heavy atom. The third kappa shape index (κ3) is 1.45. The fourth-order valence-corrected chi connectivity index (χ4v) is 3.17. The van der Waals surface area contributed by atoms with E-state index < -0.39 is 0 Å². The minimum absolute atomic E-state index is 0.241. The van der Waals surface area contributed by atoms with Gasteiger partial charge in [0.1, 0.15) is 0 Å². The maximum absolute atomic E-state index is 9.88. The summed E-state index contributed by atoms with van der Waals surface area (Å²) in [6.45, 7) is 2.19. The maximum Gasteiger partial charge on any atom is 0.0924 e. The van der Waals surface area contributed by atoms with E-state index in [1.807, 2.05) is 11.4 Å². The van der Waals surface area contributed by atoms with Crippen molar-refractivity contribution >= 4 is 27.3 Å². The molecule has 3 heteroatoms. The molecule has 0 aliphatic heterocycles. The molecule has 0 aromatic carbocycles. The molecule has 0 radical (unpaired) electrons. The van der Waals surface area contributed by atoms with Gasteiger partial charge in [-0.05, 0) is 45.6 Å². The first-order chi connectivity index (χ1) is 5.70. The number of aliphatic hydroxyl groups is 1. The Balaban J connectivity index is 2.14. The molecule has 1 aliphatic carbocycles. The molecule has 1 N–H and O–H groups in total. The summed E-state index contributed by atoms with van der Waals surface area (Å²) in [7, 11) is 0. The Labute approximate surface area is 84.6 Å². The van der Waals surface area contributed by atoms with Crippen LogP contribution in [0.25, 0.3) is 0 Å². The molecular formula is C9H11BrOS. The van der Waals surface area contributed by atoms with Crippen LogP contribution >= 0.6 is 27.3 Å². The minimum Gasteiger partial charge on any atom is -0.387 e. The van der Waals surface area contributed by atoms with Crippen LogP contribution in [0.4, 0.5) is 0 Å². The molecule has 0 bridgehead atoms. The highest BCUT2D eigenvalue weighted by Gasteiger charge is 2.40. The highest BCUT2D eigenvalue weighted by atomic mass is 79.9. The van der Waals surface area contributed by atoms with Gasteiger partial charge in [0, 0.05) is 9.35 Å². The van der Waals surface area contributed by atoms with E-state index in [-0.39, 0.29) is 6.10 Å². The van der Waals surface area contributed by atoms with Gasteiger partial charge in [0.2, 0.25) is 0 Å². The zero-order chi connectivity index (χ0) is 8.72. The van der Waals surface area contributed by atoms with Gasteiger partial charge in [-0.1, -0.05) is 6.92 Å². The Kier molecular flexibility index (Phi) is 2.27. The lowest BCUT2D eigenvalue weighted by Gasteiger charge is -2.07. The molecule has 2 rings (SSSR count). The number of aliphatic hydroxyl groups excluding tert-OH is 1. The molecule has 12 heavy (non-hydrogen) atoms. The monoisotopic (exact) mass is 246 g/mol. The van der Waals surface area contributed by atoms with Crippen LogP contribution in [0.15, 0.2) is 15.9 Å². The van der Waals surface area contributed by atoms with Crippen LogP contribution in [0.3, 0.4) is 0 Å². The average Bonchev–Trinajstić information content (AvgIpc) is 2.59. The average molecular weight is 247 g/mol. The van der Waals surface area contributed by atoms with Crippen molar-refractivity contribution in [2.45, 2.75) is 19.4 Å². The van der Waals surface area contributed by atoms with E-state index >= 15 is 0 Å². The van der Waals surface area contributed by atoms with E-state index in [1.165, 1.54) is 6.42 Å². The predicted molar refractivity (Wildman–Crippen MR) is 54.2 cm³/mol. The summed E-state index contributed by atoms with van der Waals surface area (Å²) in [5.74, 6) is 1.20. The van der Waals surface area contributed by atoms with Crippen molar-refractivity contribution in [1.29, 1.82) is 0 Å². The molecule has 1 aliphatic rings. The molecule has 1 nitrogen and oxygen atoms in total. The smallest absolute Gasteiger partial charge is 0.0924 e. The van der Waals surface area contributed by atoms with Crippen molar-refractivity contribution in [3.63, 3.8) is 0 Å². The second-order valence-electron chi connectivity index (χ2n) is 3.45. The molecule has 1 aromatic heterocycles. The standard InChI is InChI=1S/C9H11BrOS/c1-5-4-6(5)8(11)9-7(10)2-3-12-9/h2-3,5-6,8,11H,4H2,1H3. The molecule has 66 valence electrons. The summed E-state index contributed by atoms with van der Waals surface area (Å²) in [5.41, 5.74) is 0. The van der Waals surface area contributed by atoms with Gasteiger partial charge in [-0.2, -0.15) is 0 Å². The lowest BCUT2D eigenvalue weighted by molar-refractivity contribution is 0.151. The second-order valence-corrected chi connectivity index (χ2v) is 5.26. The number of rotatable bonds is 2. The summed E-state index contributed by atoms with van der Waals surface area (Å²) in [5, 5.41) is 11.9. The molecule has 0 saturated heterocycles. The van der Waals surface area contributed by atoms with Crippen LogP contribution in [0.1, 0.15) is 24.3 Å². The third-order valence-electron chi connectivity index (χ3n) is 2.49. The predicted octanol–water partition coefficient (Wildman–Crippen LogP) is 3.20. The van der Waals surface area contributed by atoms with Crippen LogP contribution in [0.5, 0.6) is 0 Å². The fourth-order valence-electron chi connectivity index (χ4n) is 1.50. The van der Waals surface area contributed by atoms with Gasteiger partial charge in [-0.25, -0.2) is 0 Å². The maximum atomic E-state index is 9.88. The highest BCUT2D eigenvalue weighted by molar-refractivity contribution is 9.10. The zero-order valence-corrected chi connectivity index (χ0v) is 9.23. The zero-order valence-electron chi connectivity index (χ0n) is 6.83. The summed E-state index contributed by atoms with van der Waals surface area (Å²) in [6, 6.07) is 2.00. The molecule has 3 unspecified atom stereocenters. The van der Waals surface area contributed by atoms with Crippen molar-refractivity contribution in [3.05, 3.63) is 20.8 Å². The van der Waals surface area contributed by atoms with Crippen molar-refractivity contribution < 1.29 is 5.11 Å². The molecule has 0 amide bonds. The first-order valence-corrected chi connectivity index (χ1v) is 5.78. The summed E-state index contributed by atoms with van der Waals surface area (Å²) in [4.78, 5) is 1.09. The lowest BCUT2D eigenvalue weighted by Crippen LogP contribution is -1.98. The van der Waals surface area contributed by atoms with Gasteiger partial charge in [0.15, 0.2) is 0 Å². The van der Waals surface area contributed by atoms with Gasteiger partial charge in [0.25, 0.3) is 0 Å². The van der Waals surface area contributed by atoms with Crippen molar-refractivity contribution in [3.8, 4) is 0 Å². The van der Waals surface area contributed by atoms with Crippen LogP contribution in [0.2, 0.25) is 0 Å². The number of halogens is 1. The molecule has 3 atom stereocenters. The molecule has 1 aromatic rings. The van der Waals surface area contributed by atoms with Crippen molar-refractivity contribution in [2.75, 3.05) is 0 Å². The topological polar surface area (TPSA) is 20.2 Å². The Bertz CT molecular complexity index is 284. The van der Waals surface area contributed by atoms with Gasteiger partial charge in [-0.3, -0.25) is 0 Å². The number of thiophene rings is 1. The first kappa shape index (κ1) is 8.73. The van der Waals surface area contributed by atoms with E-state index in [2.05, 4.69) is 22.9 Å². The van der Waals surface area contributed by atoms with Gasteiger partial charge in [0.05, 0.1) is 6.10 Å². The van der Waals surface area contributed by atoms with Crippen LogP contribution in [-0.4, -0.2) is 5.11 Å². The Hall–Kier alpha value is 0.140. The Morgan fingerprint density at radius 1 is 1.75 bits per heavy atom. The van der Waals surface area contributed by atoms with Crippen molar-refractivity contribution in [2.24, 2.45) is 11.8 Å². The van der Waals surface area contributed by atoms with Gasteiger partial charge < -0.3 is 5.11 Å². The SMILES string of the molecule is CC1CC1C(O)c1sccc1Br. The fraction of sp³-hybridized carbons (Fsp3) is 0.556. The van der Waals surface area contributed by atoms with E-state index in [4.69, 9.17) is 0 Å². The lowest BCUT2D eigenvalue weighted by atomic mass is 10.2. The minimum atomic E-state index is -0.241. The van der Waals surface area contributed by atoms with E-state index in [0.717, 1.165) is 9.35 Å². The number of hydrogen-bond acceptors (Lipinski definition) is 2.